The number of hydrogen-bond donors (Lipinski definition) is 1. The number of sulfone groups is 1. The lowest BCUT2D eigenvalue weighted by molar-refractivity contribution is 0.166. The van der Waals surface area contributed by atoms with Gasteiger partial charge >= 0.3 is 0 Å². The molecule has 0 aromatic heterocycles. The second-order valence-electron chi connectivity index (χ2n) is 3.99. The van der Waals surface area contributed by atoms with Crippen molar-refractivity contribution in [3.8, 4) is 0 Å². The van der Waals surface area contributed by atoms with Gasteiger partial charge in [0.2, 0.25) is 0 Å². The lowest BCUT2D eigenvalue weighted by atomic mass is 10.1. The molecule has 0 amide bonds. The summed E-state index contributed by atoms with van der Waals surface area (Å²) in [4.78, 5) is 0. The molecule has 1 aromatic rings. The van der Waals surface area contributed by atoms with E-state index >= 15 is 0 Å². The second-order valence-corrected chi connectivity index (χ2v) is 7.60. The molecule has 0 spiro atoms. The molecular formula is C11H14BrClO3S. The van der Waals surface area contributed by atoms with E-state index in [-0.39, 0.29) is 5.75 Å². The van der Waals surface area contributed by atoms with Gasteiger partial charge in [-0.15, -0.1) is 0 Å². The fourth-order valence-corrected chi connectivity index (χ4v) is 3.05. The minimum Gasteiger partial charge on any atom is -0.388 e. The summed E-state index contributed by atoms with van der Waals surface area (Å²) in [6.07, 6.45) is 1.34. The number of aliphatic hydroxyl groups is 1. The van der Waals surface area contributed by atoms with Gasteiger partial charge in [-0.1, -0.05) is 27.5 Å². The first-order valence-electron chi connectivity index (χ1n) is 5.10. The zero-order chi connectivity index (χ0) is 13.1. The van der Waals surface area contributed by atoms with Gasteiger partial charge in [0, 0.05) is 21.5 Å². The summed E-state index contributed by atoms with van der Waals surface area (Å²) in [5, 5.41) is 10.4. The number of benzene rings is 1. The summed E-state index contributed by atoms with van der Waals surface area (Å²) >= 11 is 9.15. The Labute approximate surface area is 115 Å². The molecule has 6 heteroatoms. The Hall–Kier alpha value is -0.100. The molecule has 0 saturated carbocycles. The van der Waals surface area contributed by atoms with Crippen LogP contribution in [0.2, 0.25) is 5.02 Å². The largest absolute Gasteiger partial charge is 0.388 e. The SMILES string of the molecule is CS(=O)(=O)CCCC(O)c1cc(Cl)cc(Br)c1. The summed E-state index contributed by atoms with van der Waals surface area (Å²) < 4.78 is 22.7. The van der Waals surface area contributed by atoms with Crippen molar-refractivity contribution in [3.05, 3.63) is 33.3 Å². The van der Waals surface area contributed by atoms with Crippen molar-refractivity contribution in [2.75, 3.05) is 12.0 Å². The third-order valence-electron chi connectivity index (χ3n) is 2.26. The van der Waals surface area contributed by atoms with Crippen LogP contribution in [0, 0.1) is 0 Å². The molecule has 0 radical (unpaired) electrons. The van der Waals surface area contributed by atoms with E-state index in [1.807, 2.05) is 0 Å². The molecule has 0 fully saturated rings. The van der Waals surface area contributed by atoms with Crippen LogP contribution in [0.25, 0.3) is 0 Å². The van der Waals surface area contributed by atoms with E-state index in [9.17, 15) is 13.5 Å². The van der Waals surface area contributed by atoms with Gasteiger partial charge in [0.25, 0.3) is 0 Å². The monoisotopic (exact) mass is 340 g/mol. The molecule has 0 bridgehead atoms. The van der Waals surface area contributed by atoms with Crippen molar-refractivity contribution in [2.45, 2.75) is 18.9 Å². The fourth-order valence-electron chi connectivity index (χ4n) is 1.47. The normalized spacial score (nSPS) is 13.6. The average Bonchev–Trinajstić information content (AvgIpc) is 2.13. The maximum absolute atomic E-state index is 10.9. The van der Waals surface area contributed by atoms with Gasteiger partial charge in [-0.2, -0.15) is 0 Å². The summed E-state index contributed by atoms with van der Waals surface area (Å²) in [5.41, 5.74) is 0.692. The van der Waals surface area contributed by atoms with E-state index in [1.54, 1.807) is 18.2 Å². The molecule has 17 heavy (non-hydrogen) atoms. The van der Waals surface area contributed by atoms with E-state index in [2.05, 4.69) is 15.9 Å². The highest BCUT2D eigenvalue weighted by molar-refractivity contribution is 9.10. The molecule has 0 saturated heterocycles. The van der Waals surface area contributed by atoms with Gasteiger partial charge in [-0.3, -0.25) is 0 Å². The minimum absolute atomic E-state index is 0.0891. The van der Waals surface area contributed by atoms with Crippen LogP contribution in [-0.4, -0.2) is 25.5 Å². The van der Waals surface area contributed by atoms with E-state index in [0.717, 1.165) is 4.47 Å². The Kier molecular flexibility index (Phi) is 5.44. The van der Waals surface area contributed by atoms with Crippen LogP contribution in [0.3, 0.4) is 0 Å². The highest BCUT2D eigenvalue weighted by Gasteiger charge is 2.11. The molecule has 1 N–H and O–H groups in total. The lowest BCUT2D eigenvalue weighted by Gasteiger charge is -2.11. The molecule has 0 aliphatic rings. The molecule has 1 aromatic carbocycles. The molecule has 96 valence electrons. The van der Waals surface area contributed by atoms with E-state index in [1.165, 1.54) is 6.26 Å². The van der Waals surface area contributed by atoms with Gasteiger partial charge < -0.3 is 5.11 Å². The molecular weight excluding hydrogens is 328 g/mol. The summed E-state index contributed by atoms with van der Waals surface area (Å²) in [5.74, 6) is 0.0891. The average molecular weight is 342 g/mol. The Morgan fingerprint density at radius 3 is 2.59 bits per heavy atom. The quantitative estimate of drug-likeness (QED) is 0.896. The predicted octanol–water partition coefficient (Wildman–Crippen LogP) is 2.96. The van der Waals surface area contributed by atoms with E-state index in [4.69, 9.17) is 11.6 Å². The van der Waals surface area contributed by atoms with Crippen LogP contribution in [0.4, 0.5) is 0 Å². The van der Waals surface area contributed by atoms with Crippen molar-refractivity contribution in [3.63, 3.8) is 0 Å². The van der Waals surface area contributed by atoms with Crippen LogP contribution in [0.1, 0.15) is 24.5 Å². The van der Waals surface area contributed by atoms with Gasteiger partial charge in [-0.05, 0) is 36.6 Å². The van der Waals surface area contributed by atoms with Crippen molar-refractivity contribution in [2.24, 2.45) is 0 Å². The van der Waals surface area contributed by atoms with Gasteiger partial charge in [0.1, 0.15) is 9.84 Å². The first kappa shape index (κ1) is 15.0. The van der Waals surface area contributed by atoms with Crippen LogP contribution in [0.5, 0.6) is 0 Å². The third-order valence-corrected chi connectivity index (χ3v) is 3.97. The van der Waals surface area contributed by atoms with Crippen molar-refractivity contribution < 1.29 is 13.5 Å². The van der Waals surface area contributed by atoms with Crippen LogP contribution < -0.4 is 0 Å². The number of hydrogen-bond acceptors (Lipinski definition) is 3. The third kappa shape index (κ3) is 5.86. The number of rotatable bonds is 5. The first-order chi connectivity index (χ1) is 7.78. The van der Waals surface area contributed by atoms with Gasteiger partial charge in [0.15, 0.2) is 0 Å². The molecule has 0 heterocycles. The van der Waals surface area contributed by atoms with Crippen LogP contribution >= 0.6 is 27.5 Å². The Morgan fingerprint density at radius 1 is 1.41 bits per heavy atom. The first-order valence-corrected chi connectivity index (χ1v) is 8.33. The minimum atomic E-state index is -2.96. The zero-order valence-electron chi connectivity index (χ0n) is 9.36. The Morgan fingerprint density at radius 2 is 2.06 bits per heavy atom. The summed E-state index contributed by atoms with van der Waals surface area (Å²) in [7, 11) is -2.96. The second kappa shape index (κ2) is 6.18. The molecule has 0 aliphatic carbocycles. The number of halogens is 2. The van der Waals surface area contributed by atoms with Gasteiger partial charge in [0.05, 0.1) is 6.10 Å². The zero-order valence-corrected chi connectivity index (χ0v) is 12.5. The standard InChI is InChI=1S/C11H14BrClO3S/c1-17(15,16)4-2-3-11(14)8-5-9(12)7-10(13)6-8/h5-7,11,14H,2-4H2,1H3. The summed E-state index contributed by atoms with van der Waals surface area (Å²) in [6.45, 7) is 0. The molecule has 0 aliphatic heterocycles. The molecule has 1 rings (SSSR count). The Balaban J connectivity index is 2.61. The topological polar surface area (TPSA) is 54.4 Å². The molecule has 1 atom stereocenters. The number of aliphatic hydroxyl groups excluding tert-OH is 1. The fraction of sp³-hybridized carbons (Fsp3) is 0.455. The lowest BCUT2D eigenvalue weighted by Crippen LogP contribution is -2.05. The van der Waals surface area contributed by atoms with Crippen LogP contribution in [-0.2, 0) is 9.84 Å². The summed E-state index contributed by atoms with van der Waals surface area (Å²) in [6, 6.07) is 5.18. The Bertz CT molecular complexity index is 467. The highest BCUT2D eigenvalue weighted by atomic mass is 79.9. The maximum atomic E-state index is 10.9. The van der Waals surface area contributed by atoms with Crippen molar-refractivity contribution in [1.29, 1.82) is 0 Å². The van der Waals surface area contributed by atoms with E-state index in [0.29, 0.717) is 23.4 Å². The van der Waals surface area contributed by atoms with E-state index < -0.39 is 15.9 Å². The highest BCUT2D eigenvalue weighted by Crippen LogP contribution is 2.26. The maximum Gasteiger partial charge on any atom is 0.147 e. The van der Waals surface area contributed by atoms with Gasteiger partial charge in [-0.25, -0.2) is 8.42 Å². The van der Waals surface area contributed by atoms with Crippen molar-refractivity contribution in [1.82, 2.24) is 0 Å². The molecule has 1 unspecified atom stereocenters. The van der Waals surface area contributed by atoms with Crippen molar-refractivity contribution >= 4 is 37.4 Å². The van der Waals surface area contributed by atoms with Crippen LogP contribution in [0.15, 0.2) is 22.7 Å². The smallest absolute Gasteiger partial charge is 0.147 e. The predicted molar refractivity (Wildman–Crippen MR) is 73.1 cm³/mol. The molecule has 3 nitrogen and oxygen atoms in total.